The number of carbonyl (C=O) groups excluding carboxylic acids is 3. The molecule has 6 heteroatoms. The Kier molecular flexibility index (Phi) is 55.7. The van der Waals surface area contributed by atoms with Crippen LogP contribution >= 0.6 is 0 Å². The molecule has 0 heterocycles. The van der Waals surface area contributed by atoms with Gasteiger partial charge in [-0.1, -0.05) is 262 Å². The van der Waals surface area contributed by atoms with Gasteiger partial charge in [-0.15, -0.1) is 0 Å². The van der Waals surface area contributed by atoms with Crippen LogP contribution in [0.1, 0.15) is 316 Å². The summed E-state index contributed by atoms with van der Waals surface area (Å²) in [7, 11) is 0. The molecule has 69 heavy (non-hydrogen) atoms. The zero-order chi connectivity index (χ0) is 50.0. The lowest BCUT2D eigenvalue weighted by Gasteiger charge is -2.18. The molecule has 0 fully saturated rings. The molecule has 402 valence electrons. The molecule has 0 aliphatic heterocycles. The first-order valence-electron chi connectivity index (χ1n) is 30.1. The average Bonchev–Trinajstić information content (AvgIpc) is 3.35. The van der Waals surface area contributed by atoms with E-state index in [9.17, 15) is 14.4 Å². The van der Waals surface area contributed by atoms with Gasteiger partial charge in [-0.25, -0.2) is 0 Å². The van der Waals surface area contributed by atoms with E-state index in [2.05, 4.69) is 69.4 Å². The van der Waals surface area contributed by atoms with Crippen LogP contribution in [0.4, 0.5) is 0 Å². The van der Waals surface area contributed by atoms with E-state index in [0.717, 1.165) is 83.5 Å². The maximum Gasteiger partial charge on any atom is 0.306 e. The third kappa shape index (κ3) is 56.2. The second-order valence-corrected chi connectivity index (χ2v) is 20.3. The minimum Gasteiger partial charge on any atom is -0.462 e. The quantitative estimate of drug-likeness (QED) is 0.0262. The third-order valence-corrected chi connectivity index (χ3v) is 13.3. The Morgan fingerprint density at radius 3 is 0.855 bits per heavy atom. The smallest absolute Gasteiger partial charge is 0.306 e. The van der Waals surface area contributed by atoms with Crippen LogP contribution in [0.15, 0.2) is 48.6 Å². The van der Waals surface area contributed by atoms with Crippen LogP contribution in [0.3, 0.4) is 0 Å². The third-order valence-electron chi connectivity index (χ3n) is 13.3. The monoisotopic (exact) mass is 967 g/mol. The lowest BCUT2D eigenvalue weighted by atomic mass is 10.0. The van der Waals surface area contributed by atoms with Crippen molar-refractivity contribution in [2.75, 3.05) is 13.2 Å². The van der Waals surface area contributed by atoms with E-state index in [1.165, 1.54) is 193 Å². The van der Waals surface area contributed by atoms with E-state index in [0.29, 0.717) is 19.3 Å². The summed E-state index contributed by atoms with van der Waals surface area (Å²) in [6.45, 7) is 6.63. The Bertz CT molecular complexity index is 1200. The van der Waals surface area contributed by atoms with Crippen LogP contribution in [-0.2, 0) is 28.6 Å². The zero-order valence-electron chi connectivity index (χ0n) is 46.1. The minimum atomic E-state index is -0.781. The fourth-order valence-corrected chi connectivity index (χ4v) is 8.74. The summed E-state index contributed by atoms with van der Waals surface area (Å²) in [6.07, 6.45) is 71.0. The summed E-state index contributed by atoms with van der Waals surface area (Å²) < 4.78 is 16.9. The normalized spacial score (nSPS) is 12.3. The summed E-state index contributed by atoms with van der Waals surface area (Å²) >= 11 is 0. The fraction of sp³-hybridized carbons (Fsp3) is 0.825. The van der Waals surface area contributed by atoms with E-state index in [-0.39, 0.29) is 31.1 Å². The molecule has 0 spiro atoms. The van der Waals surface area contributed by atoms with E-state index in [4.69, 9.17) is 14.2 Å². The first-order chi connectivity index (χ1) is 34.0. The molecule has 0 rings (SSSR count). The average molecular weight is 968 g/mol. The van der Waals surface area contributed by atoms with Gasteiger partial charge < -0.3 is 14.2 Å². The van der Waals surface area contributed by atoms with E-state index in [1.807, 2.05) is 0 Å². The molecule has 6 nitrogen and oxygen atoms in total. The lowest BCUT2D eigenvalue weighted by Crippen LogP contribution is -2.30. The number of ether oxygens (including phenoxy) is 3. The molecule has 0 aliphatic rings. The topological polar surface area (TPSA) is 78.9 Å². The van der Waals surface area contributed by atoms with Crippen molar-refractivity contribution < 1.29 is 28.6 Å². The highest BCUT2D eigenvalue weighted by Crippen LogP contribution is 2.16. The molecule has 0 radical (unpaired) electrons. The molecule has 1 atom stereocenters. The van der Waals surface area contributed by atoms with E-state index < -0.39 is 6.10 Å². The SMILES string of the molecule is CCCCC/C=C\C/C=C\C/C=C\CCCCCCC(=O)OC[C@H](COC(=O)CCCCCCCCCCC/C=C\CCCCCCCC)OC(=O)CCCCCCCCCCCCCCCCC. The van der Waals surface area contributed by atoms with Crippen LogP contribution in [-0.4, -0.2) is 37.2 Å². The molecular weight excluding hydrogens is 853 g/mol. The van der Waals surface area contributed by atoms with E-state index in [1.54, 1.807) is 0 Å². The molecule has 0 amide bonds. The summed E-state index contributed by atoms with van der Waals surface area (Å²) in [4.78, 5) is 38.2. The molecule has 0 aliphatic carbocycles. The standard InChI is InChI=1S/C63H114O6/c1-4-7-10-13-16-19-22-25-28-30-31-33-36-38-41-44-47-50-53-56-62(65)68-59-60(69-63(66)57-54-51-48-45-42-39-34-27-24-21-18-15-12-9-6-3)58-67-61(64)55-52-49-46-43-40-37-35-32-29-26-23-20-17-14-11-8-5-2/h17,20,25-26,28-29,35,37,60H,4-16,18-19,21-24,27,30-34,36,38-59H2,1-3H3/b20-17-,28-25-,29-26-,37-35-/t60-/m1/s1. The number of unbranched alkanes of at least 4 members (excludes halogenated alkanes) is 36. The molecule has 0 bridgehead atoms. The number of hydrogen-bond acceptors (Lipinski definition) is 6. The molecule has 0 N–H and O–H groups in total. The van der Waals surface area contributed by atoms with Gasteiger partial charge in [0.15, 0.2) is 6.10 Å². The highest BCUT2D eigenvalue weighted by molar-refractivity contribution is 5.71. The van der Waals surface area contributed by atoms with Crippen LogP contribution in [0.5, 0.6) is 0 Å². The van der Waals surface area contributed by atoms with Gasteiger partial charge in [0.1, 0.15) is 13.2 Å². The van der Waals surface area contributed by atoms with Crippen molar-refractivity contribution in [1.82, 2.24) is 0 Å². The van der Waals surface area contributed by atoms with Crippen molar-refractivity contribution in [3.63, 3.8) is 0 Å². The molecular formula is C63H114O6. The number of allylic oxidation sites excluding steroid dienone is 8. The Labute approximate surface area is 428 Å². The second-order valence-electron chi connectivity index (χ2n) is 20.3. The summed E-state index contributed by atoms with van der Waals surface area (Å²) in [5.41, 5.74) is 0. The summed E-state index contributed by atoms with van der Waals surface area (Å²) in [5.74, 6) is -0.885. The van der Waals surface area contributed by atoms with Gasteiger partial charge in [-0.05, 0) is 83.5 Å². The highest BCUT2D eigenvalue weighted by atomic mass is 16.6. The van der Waals surface area contributed by atoms with Crippen molar-refractivity contribution in [3.8, 4) is 0 Å². The predicted octanol–water partition coefficient (Wildman–Crippen LogP) is 20.2. The molecule has 0 aromatic rings. The van der Waals surface area contributed by atoms with Gasteiger partial charge in [0.05, 0.1) is 0 Å². The van der Waals surface area contributed by atoms with Crippen LogP contribution < -0.4 is 0 Å². The number of esters is 3. The summed E-state index contributed by atoms with van der Waals surface area (Å²) in [6, 6.07) is 0. The largest absolute Gasteiger partial charge is 0.462 e. The molecule has 0 unspecified atom stereocenters. The molecule has 0 saturated heterocycles. The van der Waals surface area contributed by atoms with Gasteiger partial charge in [0.25, 0.3) is 0 Å². The van der Waals surface area contributed by atoms with Crippen LogP contribution in [0.25, 0.3) is 0 Å². The predicted molar refractivity (Wildman–Crippen MR) is 298 cm³/mol. The van der Waals surface area contributed by atoms with Gasteiger partial charge in [0, 0.05) is 19.3 Å². The van der Waals surface area contributed by atoms with Crippen molar-refractivity contribution in [2.45, 2.75) is 322 Å². The maximum atomic E-state index is 12.9. The first-order valence-corrected chi connectivity index (χ1v) is 30.1. The fourth-order valence-electron chi connectivity index (χ4n) is 8.74. The Morgan fingerprint density at radius 2 is 0.522 bits per heavy atom. The highest BCUT2D eigenvalue weighted by Gasteiger charge is 2.19. The van der Waals surface area contributed by atoms with Gasteiger partial charge in [-0.3, -0.25) is 14.4 Å². The van der Waals surface area contributed by atoms with Crippen LogP contribution in [0, 0.1) is 0 Å². The van der Waals surface area contributed by atoms with Gasteiger partial charge >= 0.3 is 17.9 Å². The van der Waals surface area contributed by atoms with Gasteiger partial charge in [-0.2, -0.15) is 0 Å². The molecule has 0 aromatic carbocycles. The number of hydrogen-bond donors (Lipinski definition) is 0. The lowest BCUT2D eigenvalue weighted by molar-refractivity contribution is -0.167. The Balaban J connectivity index is 4.37. The van der Waals surface area contributed by atoms with Crippen LogP contribution in [0.2, 0.25) is 0 Å². The zero-order valence-corrected chi connectivity index (χ0v) is 46.1. The Hall–Kier alpha value is -2.63. The van der Waals surface area contributed by atoms with Crippen molar-refractivity contribution in [3.05, 3.63) is 48.6 Å². The van der Waals surface area contributed by atoms with Crippen molar-refractivity contribution in [1.29, 1.82) is 0 Å². The minimum absolute atomic E-state index is 0.0783. The second kappa shape index (κ2) is 57.9. The molecule has 0 aromatic heterocycles. The van der Waals surface area contributed by atoms with Gasteiger partial charge in [0.2, 0.25) is 0 Å². The first kappa shape index (κ1) is 66.4. The Morgan fingerprint density at radius 1 is 0.290 bits per heavy atom. The van der Waals surface area contributed by atoms with E-state index >= 15 is 0 Å². The van der Waals surface area contributed by atoms with Crippen molar-refractivity contribution >= 4 is 17.9 Å². The van der Waals surface area contributed by atoms with Crippen molar-refractivity contribution in [2.24, 2.45) is 0 Å². The number of rotatable bonds is 55. The number of carbonyl (C=O) groups is 3. The maximum absolute atomic E-state index is 12.9. The summed E-state index contributed by atoms with van der Waals surface area (Å²) in [5, 5.41) is 0. The molecule has 0 saturated carbocycles.